The number of carboxylic acids is 1. The Bertz CT molecular complexity index is 502. The normalized spacial score (nSPS) is 26.9. The molecule has 0 radical (unpaired) electrons. The van der Waals surface area contributed by atoms with Crippen LogP contribution in [-0.2, 0) is 9.59 Å². The summed E-state index contributed by atoms with van der Waals surface area (Å²) in [5.41, 5.74) is 0.0347. The van der Waals surface area contributed by atoms with E-state index in [0.29, 0.717) is 12.5 Å². The molecule has 2 rings (SSSR count). The number of aliphatic carboxylic acids is 1. The molecular weight excluding hydrogens is 306 g/mol. The number of carbonyl (C=O) groups excluding carboxylic acids is 1. The molecule has 1 saturated heterocycles. The van der Waals surface area contributed by atoms with Crippen molar-refractivity contribution in [1.29, 1.82) is 0 Å². The van der Waals surface area contributed by atoms with E-state index >= 15 is 0 Å². The monoisotopic (exact) mass is 337 g/mol. The summed E-state index contributed by atoms with van der Waals surface area (Å²) >= 11 is 0. The van der Waals surface area contributed by atoms with Crippen molar-refractivity contribution in [2.24, 2.45) is 11.3 Å². The van der Waals surface area contributed by atoms with Gasteiger partial charge in [0.25, 0.3) is 0 Å². The molecule has 136 valence electrons. The minimum Gasteiger partial charge on any atom is -0.477 e. The average molecular weight is 337 g/mol. The van der Waals surface area contributed by atoms with Crippen molar-refractivity contribution < 1.29 is 14.7 Å². The third kappa shape index (κ3) is 5.31. The van der Waals surface area contributed by atoms with Gasteiger partial charge in [-0.1, -0.05) is 26.3 Å². The Balaban J connectivity index is 1.71. The summed E-state index contributed by atoms with van der Waals surface area (Å²) in [6.07, 6.45) is 6.27. The lowest BCUT2D eigenvalue weighted by molar-refractivity contribution is -0.135. The van der Waals surface area contributed by atoms with Crippen LogP contribution in [0.3, 0.4) is 0 Å². The summed E-state index contributed by atoms with van der Waals surface area (Å²) in [7, 11) is 2.16. The number of nitrogens with one attached hydrogen (secondary N) is 2. The van der Waals surface area contributed by atoms with Gasteiger partial charge in [-0.15, -0.1) is 0 Å². The van der Waals surface area contributed by atoms with Crippen molar-refractivity contribution in [2.45, 2.75) is 52.0 Å². The number of allylic oxidation sites excluding steroid dienone is 1. The smallest absolute Gasteiger partial charge is 0.352 e. The molecule has 6 heteroatoms. The Morgan fingerprint density at radius 3 is 2.67 bits per heavy atom. The molecule has 2 fully saturated rings. The van der Waals surface area contributed by atoms with Crippen LogP contribution in [0, 0.1) is 11.3 Å². The predicted octanol–water partition coefficient (Wildman–Crippen LogP) is 1.58. The third-order valence-corrected chi connectivity index (χ3v) is 5.30. The van der Waals surface area contributed by atoms with Crippen molar-refractivity contribution in [3.05, 3.63) is 11.8 Å². The highest BCUT2D eigenvalue weighted by molar-refractivity contribution is 5.94. The Kier molecular flexibility index (Phi) is 6.40. The van der Waals surface area contributed by atoms with Gasteiger partial charge < -0.3 is 20.6 Å². The van der Waals surface area contributed by atoms with Crippen LogP contribution in [0.15, 0.2) is 11.8 Å². The first-order valence-corrected chi connectivity index (χ1v) is 8.96. The maximum Gasteiger partial charge on any atom is 0.352 e. The van der Waals surface area contributed by atoms with Crippen LogP contribution in [0.2, 0.25) is 0 Å². The molecule has 1 heterocycles. The van der Waals surface area contributed by atoms with Crippen molar-refractivity contribution in [2.75, 3.05) is 26.7 Å². The van der Waals surface area contributed by atoms with E-state index in [2.05, 4.69) is 22.6 Å². The molecule has 0 aromatic rings. The molecule has 0 aromatic heterocycles. The van der Waals surface area contributed by atoms with Crippen LogP contribution in [-0.4, -0.2) is 54.6 Å². The Labute approximate surface area is 144 Å². The highest BCUT2D eigenvalue weighted by Crippen LogP contribution is 2.51. The van der Waals surface area contributed by atoms with Gasteiger partial charge in [-0.25, -0.2) is 4.79 Å². The average Bonchev–Trinajstić information content (AvgIpc) is 3.16. The van der Waals surface area contributed by atoms with E-state index in [1.165, 1.54) is 0 Å². The second kappa shape index (κ2) is 8.12. The van der Waals surface area contributed by atoms with Crippen molar-refractivity contribution in [3.8, 4) is 0 Å². The lowest BCUT2D eigenvalue weighted by atomic mass is 10.1. The van der Waals surface area contributed by atoms with Gasteiger partial charge in [0.2, 0.25) is 5.91 Å². The number of amides is 1. The molecule has 1 saturated carbocycles. The zero-order valence-electron chi connectivity index (χ0n) is 15.1. The van der Waals surface area contributed by atoms with E-state index < -0.39 is 5.97 Å². The maximum absolute atomic E-state index is 12.0. The van der Waals surface area contributed by atoms with E-state index in [4.69, 9.17) is 0 Å². The Morgan fingerprint density at radius 2 is 2.08 bits per heavy atom. The SMILES string of the molecule is CN1CCNCC1CCCC/C=C(\NC(=O)C1CC1(C)C)C(=O)O. The molecule has 0 bridgehead atoms. The summed E-state index contributed by atoms with van der Waals surface area (Å²) in [6, 6.07) is 0.568. The Morgan fingerprint density at radius 1 is 1.38 bits per heavy atom. The van der Waals surface area contributed by atoms with Crippen LogP contribution in [0.1, 0.15) is 46.0 Å². The first-order valence-electron chi connectivity index (χ1n) is 8.96. The highest BCUT2D eigenvalue weighted by atomic mass is 16.4. The summed E-state index contributed by atoms with van der Waals surface area (Å²) < 4.78 is 0. The molecule has 0 spiro atoms. The van der Waals surface area contributed by atoms with Gasteiger partial charge >= 0.3 is 5.97 Å². The van der Waals surface area contributed by atoms with Crippen molar-refractivity contribution >= 4 is 11.9 Å². The topological polar surface area (TPSA) is 81.7 Å². The molecule has 6 nitrogen and oxygen atoms in total. The molecule has 3 N–H and O–H groups in total. The number of carboxylic acid groups (broad SMARTS) is 1. The van der Waals surface area contributed by atoms with Crippen LogP contribution >= 0.6 is 0 Å². The predicted molar refractivity (Wildman–Crippen MR) is 93.5 cm³/mol. The lowest BCUT2D eigenvalue weighted by Crippen LogP contribution is -2.49. The third-order valence-electron chi connectivity index (χ3n) is 5.30. The van der Waals surface area contributed by atoms with E-state index in [0.717, 1.165) is 45.3 Å². The fourth-order valence-electron chi connectivity index (χ4n) is 3.28. The molecule has 1 aliphatic carbocycles. The lowest BCUT2D eigenvalue weighted by Gasteiger charge is -2.33. The first kappa shape index (κ1) is 18.9. The number of unbranched alkanes of at least 4 members (excludes halogenated alkanes) is 2. The number of likely N-dealkylation sites (N-methyl/N-ethyl adjacent to an activating group) is 1. The number of hydrogen-bond acceptors (Lipinski definition) is 4. The standard InChI is InChI=1S/C18H31N3O3/c1-18(2)11-14(18)16(22)20-15(17(23)24)8-6-4-5-7-13-12-19-9-10-21(13)3/h8,13-14,19H,4-7,9-12H2,1-3H3,(H,20,22)(H,23,24)/b15-8-. The van der Waals surface area contributed by atoms with Gasteiger partial charge in [0, 0.05) is 31.6 Å². The first-order chi connectivity index (χ1) is 11.3. The highest BCUT2D eigenvalue weighted by Gasteiger charge is 2.50. The fraction of sp³-hybridized carbons (Fsp3) is 0.778. The van der Waals surface area contributed by atoms with E-state index in [-0.39, 0.29) is 22.9 Å². The number of rotatable bonds is 8. The molecule has 2 atom stereocenters. The molecule has 2 unspecified atom stereocenters. The van der Waals surface area contributed by atoms with Gasteiger partial charge in [0.15, 0.2) is 0 Å². The second-order valence-corrected chi connectivity index (χ2v) is 7.78. The van der Waals surface area contributed by atoms with E-state index in [9.17, 15) is 14.7 Å². The summed E-state index contributed by atoms with van der Waals surface area (Å²) in [5.74, 6) is -1.28. The van der Waals surface area contributed by atoms with Crippen LogP contribution < -0.4 is 10.6 Å². The second-order valence-electron chi connectivity index (χ2n) is 7.78. The number of nitrogens with zero attached hydrogens (tertiary/aromatic N) is 1. The summed E-state index contributed by atoms with van der Waals surface area (Å²) in [6.45, 7) is 7.21. The minimum atomic E-state index is -1.06. The molecule has 1 amide bonds. The number of piperazine rings is 1. The number of hydrogen-bond donors (Lipinski definition) is 3. The minimum absolute atomic E-state index is 0.00769. The summed E-state index contributed by atoms with van der Waals surface area (Å²) in [5, 5.41) is 15.2. The van der Waals surface area contributed by atoms with E-state index in [1.807, 2.05) is 13.8 Å². The maximum atomic E-state index is 12.0. The fourth-order valence-corrected chi connectivity index (χ4v) is 3.28. The Hall–Kier alpha value is -1.40. The van der Waals surface area contributed by atoms with Crippen molar-refractivity contribution in [3.63, 3.8) is 0 Å². The van der Waals surface area contributed by atoms with Gasteiger partial charge in [0.1, 0.15) is 5.70 Å². The van der Waals surface area contributed by atoms with Crippen LogP contribution in [0.5, 0.6) is 0 Å². The molecule has 24 heavy (non-hydrogen) atoms. The van der Waals surface area contributed by atoms with Gasteiger partial charge in [-0.3, -0.25) is 4.79 Å². The molecule has 2 aliphatic rings. The summed E-state index contributed by atoms with van der Waals surface area (Å²) in [4.78, 5) is 25.7. The van der Waals surface area contributed by atoms with Crippen LogP contribution in [0.25, 0.3) is 0 Å². The molecular formula is C18H31N3O3. The quantitative estimate of drug-likeness (QED) is 0.463. The van der Waals surface area contributed by atoms with Crippen molar-refractivity contribution in [1.82, 2.24) is 15.5 Å². The molecule has 1 aliphatic heterocycles. The van der Waals surface area contributed by atoms with Gasteiger partial charge in [-0.2, -0.15) is 0 Å². The molecule has 0 aromatic carbocycles. The largest absolute Gasteiger partial charge is 0.477 e. The van der Waals surface area contributed by atoms with Crippen LogP contribution in [0.4, 0.5) is 0 Å². The van der Waals surface area contributed by atoms with Gasteiger partial charge in [-0.05, 0) is 38.1 Å². The van der Waals surface area contributed by atoms with E-state index in [1.54, 1.807) is 6.08 Å². The zero-order chi connectivity index (χ0) is 17.7. The van der Waals surface area contributed by atoms with Gasteiger partial charge in [0.05, 0.1) is 0 Å². The zero-order valence-corrected chi connectivity index (χ0v) is 15.1. The number of carbonyl (C=O) groups is 2.